The normalized spacial score (nSPS) is 12.3. The summed E-state index contributed by atoms with van der Waals surface area (Å²) in [6.07, 6.45) is 0. The van der Waals surface area contributed by atoms with Crippen LogP contribution in [0.4, 0.5) is 0 Å². The molecule has 2 aromatic carbocycles. The van der Waals surface area contributed by atoms with Crippen molar-refractivity contribution in [2.75, 3.05) is 26.4 Å². The predicted octanol–water partition coefficient (Wildman–Crippen LogP) is 4.55. The minimum Gasteiger partial charge on any atom is -0.507 e. The molecular weight excluding hydrogens is 430 g/mol. The molecule has 0 amide bonds. The van der Waals surface area contributed by atoms with Gasteiger partial charge in [-0.05, 0) is 63.1 Å². The summed E-state index contributed by atoms with van der Waals surface area (Å²) in [5.41, 5.74) is 1.09. The molecule has 2 N–H and O–H groups in total. The summed E-state index contributed by atoms with van der Waals surface area (Å²) < 4.78 is 47.6. The van der Waals surface area contributed by atoms with Crippen LogP contribution in [0.5, 0.6) is 11.5 Å². The smallest absolute Gasteiger partial charge is 0.365 e. The minimum absolute atomic E-state index is 0.0242. The second kappa shape index (κ2) is 10.6. The lowest BCUT2D eigenvalue weighted by Gasteiger charge is -2.20. The van der Waals surface area contributed by atoms with Gasteiger partial charge in [-0.3, -0.25) is 9.13 Å². The van der Waals surface area contributed by atoms with Crippen LogP contribution in [0.15, 0.2) is 36.4 Å². The van der Waals surface area contributed by atoms with Gasteiger partial charge in [0.25, 0.3) is 0 Å². The molecule has 0 saturated carbocycles. The number of rotatable bonds is 11. The maximum absolute atomic E-state index is 13.1. The predicted molar refractivity (Wildman–Crippen MR) is 116 cm³/mol. The van der Waals surface area contributed by atoms with Crippen LogP contribution in [-0.4, -0.2) is 36.6 Å². The maximum atomic E-state index is 13.1. The molecule has 0 atom stereocenters. The second-order valence-electron chi connectivity index (χ2n) is 6.07. The third-order valence-electron chi connectivity index (χ3n) is 4.07. The van der Waals surface area contributed by atoms with E-state index in [1.807, 2.05) is 0 Å². The van der Waals surface area contributed by atoms with Crippen LogP contribution in [0.2, 0.25) is 0 Å². The fourth-order valence-corrected chi connectivity index (χ4v) is 6.25. The Labute approximate surface area is 176 Å². The van der Waals surface area contributed by atoms with Gasteiger partial charge in [-0.2, -0.15) is 0 Å². The molecule has 0 bridgehead atoms. The summed E-state index contributed by atoms with van der Waals surface area (Å²) in [5.74, 6) is -0.449. The summed E-state index contributed by atoms with van der Waals surface area (Å²) in [5, 5.41) is 20.6. The third kappa shape index (κ3) is 5.33. The van der Waals surface area contributed by atoms with Crippen LogP contribution in [0.1, 0.15) is 27.7 Å². The van der Waals surface area contributed by atoms with E-state index in [9.17, 15) is 19.3 Å². The molecule has 0 aliphatic carbocycles. The molecular formula is C20H28O8P2. The molecule has 0 radical (unpaired) electrons. The van der Waals surface area contributed by atoms with E-state index >= 15 is 0 Å². The Morgan fingerprint density at radius 3 is 1.20 bits per heavy atom. The van der Waals surface area contributed by atoms with Gasteiger partial charge in [0.2, 0.25) is 0 Å². The molecule has 166 valence electrons. The van der Waals surface area contributed by atoms with Gasteiger partial charge in [-0.1, -0.05) is 12.1 Å². The summed E-state index contributed by atoms with van der Waals surface area (Å²) in [7, 11) is -7.47. The maximum Gasteiger partial charge on any atom is 0.365 e. The first-order valence-electron chi connectivity index (χ1n) is 9.70. The fraction of sp³-hybridized carbons (Fsp3) is 0.400. The van der Waals surface area contributed by atoms with Crippen molar-refractivity contribution in [3.63, 3.8) is 0 Å². The van der Waals surface area contributed by atoms with E-state index in [2.05, 4.69) is 0 Å². The van der Waals surface area contributed by atoms with Gasteiger partial charge in [0.05, 0.1) is 26.4 Å². The Balaban J connectivity index is 2.61. The Morgan fingerprint density at radius 2 is 0.933 bits per heavy atom. The van der Waals surface area contributed by atoms with Crippen LogP contribution in [0.25, 0.3) is 11.1 Å². The third-order valence-corrected chi connectivity index (χ3v) is 8.36. The van der Waals surface area contributed by atoms with Crippen molar-refractivity contribution < 1.29 is 37.4 Å². The quantitative estimate of drug-likeness (QED) is 0.472. The Morgan fingerprint density at radius 1 is 0.633 bits per heavy atom. The first-order valence-corrected chi connectivity index (χ1v) is 12.8. The average molecular weight is 458 g/mol. The van der Waals surface area contributed by atoms with E-state index in [1.165, 1.54) is 24.3 Å². The second-order valence-corrected chi connectivity index (χ2v) is 10.1. The molecule has 0 aromatic heterocycles. The lowest BCUT2D eigenvalue weighted by molar-refractivity contribution is 0.228. The zero-order valence-electron chi connectivity index (χ0n) is 17.5. The van der Waals surface area contributed by atoms with Gasteiger partial charge in [0, 0.05) is 0 Å². The molecule has 0 spiro atoms. The number of hydrogen-bond acceptors (Lipinski definition) is 8. The van der Waals surface area contributed by atoms with E-state index < -0.39 is 15.2 Å². The topological polar surface area (TPSA) is 112 Å². The van der Waals surface area contributed by atoms with Crippen LogP contribution in [0, 0.1) is 0 Å². The van der Waals surface area contributed by atoms with Gasteiger partial charge in [0.15, 0.2) is 0 Å². The monoisotopic (exact) mass is 458 g/mol. The molecule has 30 heavy (non-hydrogen) atoms. The van der Waals surface area contributed by atoms with E-state index in [-0.39, 0.29) is 48.5 Å². The lowest BCUT2D eigenvalue weighted by Crippen LogP contribution is -2.13. The SMILES string of the molecule is CCOP(=O)(OCC)c1cc(-c2ccc(O)c(P(=O)(OCC)OCC)c2)ccc1O. The average Bonchev–Trinajstić information content (AvgIpc) is 2.69. The van der Waals surface area contributed by atoms with E-state index in [4.69, 9.17) is 18.1 Å². The largest absolute Gasteiger partial charge is 0.507 e. The standard InChI is InChI=1S/C20H28O8P2/c1-5-25-29(23,26-6-2)19-13-15(9-11-17(19)21)16-10-12-18(22)20(14-16)30(24,27-7-3)28-8-4/h9-14,21-22H,5-8H2,1-4H3. The van der Waals surface area contributed by atoms with E-state index in [1.54, 1.807) is 39.8 Å². The highest BCUT2D eigenvalue weighted by Crippen LogP contribution is 2.51. The van der Waals surface area contributed by atoms with Crippen molar-refractivity contribution in [3.8, 4) is 22.6 Å². The van der Waals surface area contributed by atoms with Crippen LogP contribution < -0.4 is 10.6 Å². The zero-order valence-corrected chi connectivity index (χ0v) is 19.3. The molecule has 8 nitrogen and oxygen atoms in total. The Kier molecular flexibility index (Phi) is 8.68. The number of phenols is 2. The van der Waals surface area contributed by atoms with Crippen LogP contribution >= 0.6 is 15.2 Å². The number of phenolic OH excluding ortho intramolecular Hbond substituents is 2. The molecule has 0 unspecified atom stereocenters. The van der Waals surface area contributed by atoms with Crippen molar-refractivity contribution in [1.82, 2.24) is 0 Å². The van der Waals surface area contributed by atoms with Gasteiger partial charge in [-0.15, -0.1) is 0 Å². The van der Waals surface area contributed by atoms with E-state index in [0.717, 1.165) is 0 Å². The molecule has 2 rings (SSSR count). The first kappa shape index (κ1) is 24.6. The number of hydrogen-bond donors (Lipinski definition) is 2. The Hall–Kier alpha value is -1.66. The van der Waals surface area contributed by atoms with Crippen molar-refractivity contribution in [2.45, 2.75) is 27.7 Å². The molecule has 0 aliphatic heterocycles. The van der Waals surface area contributed by atoms with Crippen LogP contribution in [-0.2, 0) is 27.2 Å². The molecule has 0 fully saturated rings. The van der Waals surface area contributed by atoms with Crippen molar-refractivity contribution in [1.29, 1.82) is 0 Å². The Bertz CT molecular complexity index is 862. The number of aromatic hydroxyl groups is 2. The van der Waals surface area contributed by atoms with E-state index in [0.29, 0.717) is 11.1 Å². The van der Waals surface area contributed by atoms with Gasteiger partial charge < -0.3 is 28.3 Å². The highest BCUT2D eigenvalue weighted by atomic mass is 31.2. The van der Waals surface area contributed by atoms with Crippen molar-refractivity contribution in [2.24, 2.45) is 0 Å². The first-order chi connectivity index (χ1) is 14.2. The van der Waals surface area contributed by atoms with Gasteiger partial charge in [-0.25, -0.2) is 0 Å². The molecule has 0 aliphatic rings. The highest BCUT2D eigenvalue weighted by molar-refractivity contribution is 7.62. The summed E-state index contributed by atoms with van der Waals surface area (Å²) in [4.78, 5) is 0. The fourth-order valence-electron chi connectivity index (χ4n) is 2.88. The molecule has 0 heterocycles. The molecule has 2 aromatic rings. The lowest BCUT2D eigenvalue weighted by atomic mass is 10.1. The number of benzene rings is 2. The van der Waals surface area contributed by atoms with Crippen LogP contribution in [0.3, 0.4) is 0 Å². The summed E-state index contributed by atoms with van der Waals surface area (Å²) >= 11 is 0. The molecule has 10 heteroatoms. The van der Waals surface area contributed by atoms with Gasteiger partial charge in [0.1, 0.15) is 22.1 Å². The van der Waals surface area contributed by atoms with Crippen molar-refractivity contribution in [3.05, 3.63) is 36.4 Å². The summed E-state index contributed by atoms with van der Waals surface area (Å²) in [6, 6.07) is 8.94. The van der Waals surface area contributed by atoms with Crippen molar-refractivity contribution >= 4 is 25.8 Å². The molecule has 0 saturated heterocycles. The minimum atomic E-state index is -3.74. The summed E-state index contributed by atoms with van der Waals surface area (Å²) in [6.45, 7) is 7.25. The zero-order chi connectivity index (χ0) is 22.4. The highest BCUT2D eigenvalue weighted by Gasteiger charge is 2.32. The van der Waals surface area contributed by atoms with Gasteiger partial charge >= 0.3 is 15.2 Å².